The Morgan fingerprint density at radius 3 is 3.07 bits per heavy atom. The molecule has 1 unspecified atom stereocenters. The van der Waals surface area contributed by atoms with Crippen molar-refractivity contribution in [2.45, 2.75) is 32.9 Å². The lowest BCUT2D eigenvalue weighted by molar-refractivity contribution is 0.0889. The molecular formula is C11H20N4. The smallest absolute Gasteiger partial charge is 0.0492 e. The highest BCUT2D eigenvalue weighted by atomic mass is 15.2. The zero-order valence-electron chi connectivity index (χ0n) is 9.53. The summed E-state index contributed by atoms with van der Waals surface area (Å²) in [6.45, 7) is 7.60. The molecule has 2 heterocycles. The maximum absolute atomic E-state index is 6.10. The molecule has 0 bridgehead atoms. The second-order valence-corrected chi connectivity index (χ2v) is 5.18. The Morgan fingerprint density at radius 2 is 2.47 bits per heavy atom. The molecule has 2 rings (SSSR count). The van der Waals surface area contributed by atoms with Crippen LogP contribution in [0.2, 0.25) is 0 Å². The molecular weight excluding hydrogens is 188 g/mol. The summed E-state index contributed by atoms with van der Waals surface area (Å²) in [6.07, 6.45) is 2.89. The third-order valence-electron chi connectivity index (χ3n) is 3.34. The predicted molar refractivity (Wildman–Crippen MR) is 60.2 cm³/mol. The van der Waals surface area contributed by atoms with Gasteiger partial charge in [-0.25, -0.2) is 0 Å². The second kappa shape index (κ2) is 3.94. The number of nitrogens with two attached hydrogens (primary N) is 1. The van der Waals surface area contributed by atoms with E-state index in [1.165, 1.54) is 5.69 Å². The molecule has 3 N–H and O–H groups in total. The number of likely N-dealkylation sites (tertiary alicyclic amines) is 1. The number of aromatic nitrogens is 2. The molecule has 0 spiro atoms. The van der Waals surface area contributed by atoms with Crippen molar-refractivity contribution in [3.63, 3.8) is 0 Å². The molecule has 1 aromatic rings. The number of hydrogen-bond acceptors (Lipinski definition) is 3. The third-order valence-corrected chi connectivity index (χ3v) is 3.34. The lowest BCUT2D eigenvalue weighted by Gasteiger charge is -2.42. The fraction of sp³-hybridized carbons (Fsp3) is 0.727. The fourth-order valence-corrected chi connectivity index (χ4v) is 2.23. The van der Waals surface area contributed by atoms with Gasteiger partial charge >= 0.3 is 0 Å². The van der Waals surface area contributed by atoms with Crippen LogP contribution in [0, 0.1) is 5.41 Å². The number of rotatable bonds is 2. The standard InChI is InChI=1S/C11H20N4/c1-11(2)8-15(6-4-10(11)12)7-9-3-5-13-14-9/h3,5,10H,4,6-8,12H2,1-2H3,(H,13,14). The van der Waals surface area contributed by atoms with Gasteiger partial charge in [-0.05, 0) is 17.9 Å². The Kier molecular flexibility index (Phi) is 2.80. The Morgan fingerprint density at radius 1 is 1.67 bits per heavy atom. The minimum Gasteiger partial charge on any atom is -0.327 e. The van der Waals surface area contributed by atoms with Crippen LogP contribution in [0.3, 0.4) is 0 Å². The fourth-order valence-electron chi connectivity index (χ4n) is 2.23. The topological polar surface area (TPSA) is 57.9 Å². The summed E-state index contributed by atoms with van der Waals surface area (Å²) in [5.41, 5.74) is 7.50. The molecule has 0 amide bonds. The van der Waals surface area contributed by atoms with E-state index in [0.29, 0.717) is 6.04 Å². The van der Waals surface area contributed by atoms with E-state index in [0.717, 1.165) is 26.1 Å². The summed E-state index contributed by atoms with van der Waals surface area (Å²) < 4.78 is 0. The molecule has 84 valence electrons. The van der Waals surface area contributed by atoms with Crippen LogP contribution in [0.5, 0.6) is 0 Å². The highest BCUT2D eigenvalue weighted by Gasteiger charge is 2.33. The van der Waals surface area contributed by atoms with E-state index in [1.807, 2.05) is 6.07 Å². The Balaban J connectivity index is 1.95. The van der Waals surface area contributed by atoms with Gasteiger partial charge in [-0.1, -0.05) is 13.8 Å². The van der Waals surface area contributed by atoms with Gasteiger partial charge in [0.15, 0.2) is 0 Å². The van der Waals surface area contributed by atoms with Crippen LogP contribution >= 0.6 is 0 Å². The molecule has 0 saturated carbocycles. The zero-order valence-corrected chi connectivity index (χ0v) is 9.53. The number of H-pyrrole nitrogens is 1. The number of nitrogens with zero attached hydrogens (tertiary/aromatic N) is 2. The van der Waals surface area contributed by atoms with Gasteiger partial charge in [0.05, 0.1) is 0 Å². The van der Waals surface area contributed by atoms with E-state index in [1.54, 1.807) is 6.20 Å². The summed E-state index contributed by atoms with van der Waals surface area (Å²) >= 11 is 0. The van der Waals surface area contributed by atoms with Gasteiger partial charge in [-0.2, -0.15) is 5.10 Å². The summed E-state index contributed by atoms with van der Waals surface area (Å²) in [4.78, 5) is 2.44. The van der Waals surface area contributed by atoms with Crippen LogP contribution in [0.15, 0.2) is 12.3 Å². The van der Waals surface area contributed by atoms with E-state index < -0.39 is 0 Å². The van der Waals surface area contributed by atoms with Crippen LogP contribution in [0.25, 0.3) is 0 Å². The first-order valence-corrected chi connectivity index (χ1v) is 5.54. The Hall–Kier alpha value is -0.870. The molecule has 1 aromatic heterocycles. The molecule has 1 aliphatic heterocycles. The van der Waals surface area contributed by atoms with E-state index in [9.17, 15) is 0 Å². The number of hydrogen-bond donors (Lipinski definition) is 2. The number of nitrogens with one attached hydrogen (secondary N) is 1. The van der Waals surface area contributed by atoms with Crippen LogP contribution in [-0.2, 0) is 6.54 Å². The lowest BCUT2D eigenvalue weighted by atomic mass is 9.80. The van der Waals surface area contributed by atoms with Crippen LogP contribution in [-0.4, -0.2) is 34.2 Å². The Labute approximate surface area is 90.8 Å². The maximum Gasteiger partial charge on any atom is 0.0492 e. The zero-order chi connectivity index (χ0) is 10.9. The molecule has 0 radical (unpaired) electrons. The van der Waals surface area contributed by atoms with Crippen molar-refractivity contribution in [2.75, 3.05) is 13.1 Å². The quantitative estimate of drug-likeness (QED) is 0.761. The van der Waals surface area contributed by atoms with Crippen molar-refractivity contribution in [3.8, 4) is 0 Å². The van der Waals surface area contributed by atoms with Crippen molar-refractivity contribution in [1.82, 2.24) is 15.1 Å². The average molecular weight is 208 g/mol. The molecule has 1 saturated heterocycles. The molecule has 4 nitrogen and oxygen atoms in total. The van der Waals surface area contributed by atoms with Gasteiger partial charge in [0.2, 0.25) is 0 Å². The minimum absolute atomic E-state index is 0.221. The maximum atomic E-state index is 6.10. The molecule has 0 aliphatic carbocycles. The first kappa shape index (κ1) is 10.6. The SMILES string of the molecule is CC1(C)CN(Cc2ccn[nH]2)CCC1N. The van der Waals surface area contributed by atoms with Crippen LogP contribution in [0.1, 0.15) is 26.0 Å². The first-order chi connectivity index (χ1) is 7.08. The van der Waals surface area contributed by atoms with E-state index in [-0.39, 0.29) is 5.41 Å². The van der Waals surface area contributed by atoms with Gasteiger partial charge in [0, 0.05) is 37.6 Å². The van der Waals surface area contributed by atoms with Crippen molar-refractivity contribution in [1.29, 1.82) is 0 Å². The summed E-state index contributed by atoms with van der Waals surface area (Å²) in [5.74, 6) is 0. The summed E-state index contributed by atoms with van der Waals surface area (Å²) in [6, 6.07) is 2.36. The average Bonchev–Trinajstić information content (AvgIpc) is 2.63. The molecule has 4 heteroatoms. The highest BCUT2D eigenvalue weighted by molar-refractivity contribution is 4.99. The molecule has 1 aliphatic rings. The van der Waals surface area contributed by atoms with Gasteiger partial charge in [-0.3, -0.25) is 10.00 Å². The Bertz CT molecular complexity index is 304. The summed E-state index contributed by atoms with van der Waals surface area (Å²) in [5, 5.41) is 6.96. The first-order valence-electron chi connectivity index (χ1n) is 5.54. The van der Waals surface area contributed by atoms with Crippen molar-refractivity contribution in [3.05, 3.63) is 18.0 Å². The molecule has 15 heavy (non-hydrogen) atoms. The predicted octanol–water partition coefficient (Wildman–Crippen LogP) is 0.969. The third kappa shape index (κ3) is 2.38. The van der Waals surface area contributed by atoms with Crippen molar-refractivity contribution >= 4 is 0 Å². The van der Waals surface area contributed by atoms with Gasteiger partial charge < -0.3 is 5.73 Å². The normalized spacial score (nSPS) is 26.7. The molecule has 1 atom stereocenters. The molecule has 1 fully saturated rings. The number of piperidine rings is 1. The van der Waals surface area contributed by atoms with Gasteiger partial charge in [0.1, 0.15) is 0 Å². The summed E-state index contributed by atoms with van der Waals surface area (Å²) in [7, 11) is 0. The highest BCUT2D eigenvalue weighted by Crippen LogP contribution is 2.28. The van der Waals surface area contributed by atoms with Crippen LogP contribution in [0.4, 0.5) is 0 Å². The lowest BCUT2D eigenvalue weighted by Crippen LogP contribution is -2.52. The van der Waals surface area contributed by atoms with E-state index >= 15 is 0 Å². The molecule has 0 aromatic carbocycles. The monoisotopic (exact) mass is 208 g/mol. The van der Waals surface area contributed by atoms with Crippen molar-refractivity contribution in [2.24, 2.45) is 11.1 Å². The van der Waals surface area contributed by atoms with Crippen LogP contribution < -0.4 is 5.73 Å². The van der Waals surface area contributed by atoms with Crippen molar-refractivity contribution < 1.29 is 0 Å². The van der Waals surface area contributed by atoms with Gasteiger partial charge in [0.25, 0.3) is 0 Å². The second-order valence-electron chi connectivity index (χ2n) is 5.18. The number of aromatic amines is 1. The minimum atomic E-state index is 0.221. The largest absolute Gasteiger partial charge is 0.327 e. The van der Waals surface area contributed by atoms with E-state index in [2.05, 4.69) is 28.9 Å². The van der Waals surface area contributed by atoms with Gasteiger partial charge in [-0.15, -0.1) is 0 Å². The van der Waals surface area contributed by atoms with E-state index in [4.69, 9.17) is 5.73 Å².